The Morgan fingerprint density at radius 1 is 1.73 bits per heavy atom. The van der Waals surface area contributed by atoms with Gasteiger partial charge in [0.1, 0.15) is 5.69 Å². The van der Waals surface area contributed by atoms with Crippen LogP contribution in [-0.2, 0) is 4.79 Å². The van der Waals surface area contributed by atoms with E-state index in [4.69, 9.17) is 5.84 Å². The van der Waals surface area contributed by atoms with Crippen molar-refractivity contribution in [2.75, 3.05) is 11.2 Å². The molecule has 0 spiro atoms. The predicted octanol–water partition coefficient (Wildman–Crippen LogP) is -0.354. The fourth-order valence-corrected chi connectivity index (χ4v) is 0.770. The summed E-state index contributed by atoms with van der Waals surface area (Å²) in [5.41, 5.74) is 0.697. The van der Waals surface area contributed by atoms with Crippen molar-refractivity contribution in [1.82, 2.24) is 0 Å². The summed E-state index contributed by atoms with van der Waals surface area (Å²) in [6.45, 7) is 1.45. The normalized spacial score (nSPS) is 9.18. The topological polar surface area (TPSA) is 59.0 Å². The van der Waals surface area contributed by atoms with Gasteiger partial charge in [0.15, 0.2) is 6.20 Å². The van der Waals surface area contributed by atoms with E-state index >= 15 is 0 Å². The predicted molar refractivity (Wildman–Crippen MR) is 41.1 cm³/mol. The van der Waals surface area contributed by atoms with Gasteiger partial charge in [-0.1, -0.05) is 4.68 Å². The van der Waals surface area contributed by atoms with Gasteiger partial charge in [0, 0.05) is 13.0 Å². The van der Waals surface area contributed by atoms with Crippen LogP contribution in [0.3, 0.4) is 0 Å². The van der Waals surface area contributed by atoms with E-state index in [1.807, 2.05) is 0 Å². The van der Waals surface area contributed by atoms with Crippen LogP contribution in [0.5, 0.6) is 0 Å². The summed E-state index contributed by atoms with van der Waals surface area (Å²) >= 11 is 0. The number of nitrogen functional groups attached to an aromatic ring is 1. The van der Waals surface area contributed by atoms with Crippen molar-refractivity contribution in [2.24, 2.45) is 0 Å². The van der Waals surface area contributed by atoms with E-state index in [9.17, 15) is 4.79 Å². The Morgan fingerprint density at radius 3 is 3.00 bits per heavy atom. The molecule has 1 aromatic rings. The summed E-state index contributed by atoms with van der Waals surface area (Å²) in [5, 5.41) is 2.61. The summed E-state index contributed by atoms with van der Waals surface area (Å²) in [6.07, 6.45) is 3.31. The van der Waals surface area contributed by atoms with Crippen molar-refractivity contribution in [2.45, 2.75) is 6.92 Å². The van der Waals surface area contributed by atoms with Crippen molar-refractivity contribution in [3.05, 3.63) is 24.5 Å². The maximum atomic E-state index is 10.6. The molecule has 0 saturated heterocycles. The molecule has 0 aliphatic carbocycles. The highest BCUT2D eigenvalue weighted by atomic mass is 16.1. The number of amides is 1. The molecule has 0 unspecified atom stereocenters. The number of aromatic nitrogens is 1. The zero-order valence-corrected chi connectivity index (χ0v) is 6.24. The number of pyridine rings is 1. The smallest absolute Gasteiger partial charge is 0.222 e. The van der Waals surface area contributed by atoms with E-state index in [-0.39, 0.29) is 5.91 Å². The van der Waals surface area contributed by atoms with Crippen molar-refractivity contribution >= 4 is 11.6 Å². The van der Waals surface area contributed by atoms with Crippen LogP contribution in [0.1, 0.15) is 6.92 Å². The molecule has 58 valence electrons. The lowest BCUT2D eigenvalue weighted by Crippen LogP contribution is -2.43. The van der Waals surface area contributed by atoms with Crippen molar-refractivity contribution < 1.29 is 9.47 Å². The summed E-state index contributed by atoms with van der Waals surface area (Å²) in [7, 11) is 0. The number of nitrogens with two attached hydrogens (primary N) is 1. The van der Waals surface area contributed by atoms with Crippen LogP contribution in [0.15, 0.2) is 24.5 Å². The van der Waals surface area contributed by atoms with Gasteiger partial charge in [0.25, 0.3) is 0 Å². The first-order valence-corrected chi connectivity index (χ1v) is 3.22. The van der Waals surface area contributed by atoms with Crippen LogP contribution in [0.2, 0.25) is 0 Å². The standard InChI is InChI=1S/C7H9N3O/c1-6(11)9-7-3-2-4-10(8)5-7/h2-5H,8H2,1H3/p+1. The first kappa shape index (κ1) is 7.53. The van der Waals surface area contributed by atoms with Crippen LogP contribution < -0.4 is 15.8 Å². The van der Waals surface area contributed by atoms with Crippen LogP contribution in [0.25, 0.3) is 0 Å². The van der Waals surface area contributed by atoms with E-state index in [2.05, 4.69) is 5.32 Å². The molecule has 0 aliphatic rings. The lowest BCUT2D eigenvalue weighted by Gasteiger charge is -1.96. The van der Waals surface area contributed by atoms with Gasteiger partial charge in [-0.2, -0.15) is 0 Å². The number of nitrogens with one attached hydrogen (secondary N) is 1. The van der Waals surface area contributed by atoms with E-state index in [0.29, 0.717) is 5.69 Å². The van der Waals surface area contributed by atoms with Crippen LogP contribution in [0.4, 0.5) is 5.69 Å². The molecular weight excluding hydrogens is 142 g/mol. The van der Waals surface area contributed by atoms with Gasteiger partial charge in [-0.15, -0.1) is 0 Å². The highest BCUT2D eigenvalue weighted by molar-refractivity contribution is 5.88. The minimum Gasteiger partial charge on any atom is -0.321 e. The Bertz CT molecular complexity index is 272. The zero-order valence-electron chi connectivity index (χ0n) is 6.24. The Balaban J connectivity index is 2.79. The van der Waals surface area contributed by atoms with Crippen molar-refractivity contribution in [1.29, 1.82) is 0 Å². The SMILES string of the molecule is CC(=O)Nc1ccc[n+](N)c1. The second-order valence-electron chi connectivity index (χ2n) is 2.22. The summed E-state index contributed by atoms with van der Waals surface area (Å²) in [6, 6.07) is 3.52. The van der Waals surface area contributed by atoms with E-state index in [0.717, 1.165) is 0 Å². The molecule has 0 aliphatic heterocycles. The average molecular weight is 152 g/mol. The Hall–Kier alpha value is -1.58. The maximum Gasteiger partial charge on any atom is 0.222 e. The van der Waals surface area contributed by atoms with Gasteiger partial charge in [-0.05, 0) is 6.07 Å². The molecule has 0 aromatic carbocycles. The van der Waals surface area contributed by atoms with Gasteiger partial charge >= 0.3 is 0 Å². The molecule has 4 heteroatoms. The van der Waals surface area contributed by atoms with Crippen LogP contribution in [-0.4, -0.2) is 5.91 Å². The second-order valence-corrected chi connectivity index (χ2v) is 2.22. The Kier molecular flexibility index (Phi) is 2.06. The molecule has 1 amide bonds. The van der Waals surface area contributed by atoms with Crippen molar-refractivity contribution in [3.8, 4) is 0 Å². The molecule has 1 heterocycles. The van der Waals surface area contributed by atoms with Crippen LogP contribution >= 0.6 is 0 Å². The molecule has 0 saturated carbocycles. The number of rotatable bonds is 1. The van der Waals surface area contributed by atoms with E-state index in [1.54, 1.807) is 24.5 Å². The minimum atomic E-state index is -0.101. The molecule has 1 rings (SSSR count). The van der Waals surface area contributed by atoms with Crippen molar-refractivity contribution in [3.63, 3.8) is 0 Å². The molecule has 0 bridgehead atoms. The molecule has 1 aromatic heterocycles. The highest BCUT2D eigenvalue weighted by Gasteiger charge is 1.98. The van der Waals surface area contributed by atoms with Gasteiger partial charge in [-0.25, -0.2) is 5.84 Å². The van der Waals surface area contributed by atoms with Crippen LogP contribution in [0, 0.1) is 0 Å². The lowest BCUT2D eigenvalue weighted by molar-refractivity contribution is -0.638. The fraction of sp³-hybridized carbons (Fsp3) is 0.143. The van der Waals surface area contributed by atoms with Gasteiger partial charge in [0.2, 0.25) is 12.1 Å². The third-order valence-electron chi connectivity index (χ3n) is 1.14. The lowest BCUT2D eigenvalue weighted by atomic mass is 10.4. The first-order valence-electron chi connectivity index (χ1n) is 3.22. The Labute approximate surface area is 64.6 Å². The molecule has 11 heavy (non-hydrogen) atoms. The molecule has 3 N–H and O–H groups in total. The van der Waals surface area contributed by atoms with E-state index < -0.39 is 0 Å². The highest BCUT2D eigenvalue weighted by Crippen LogP contribution is 1.99. The summed E-state index contributed by atoms with van der Waals surface area (Å²) in [5.74, 6) is 5.30. The number of hydrogen-bond acceptors (Lipinski definition) is 2. The quantitative estimate of drug-likeness (QED) is 0.426. The van der Waals surface area contributed by atoms with E-state index in [1.165, 1.54) is 11.6 Å². The molecule has 4 nitrogen and oxygen atoms in total. The monoisotopic (exact) mass is 152 g/mol. The summed E-state index contributed by atoms with van der Waals surface area (Å²) < 4.78 is 1.38. The van der Waals surface area contributed by atoms with Gasteiger partial charge in [0.05, 0.1) is 0 Å². The number of anilines is 1. The maximum absolute atomic E-state index is 10.6. The van der Waals surface area contributed by atoms with Gasteiger partial charge < -0.3 is 5.32 Å². The molecule has 0 fully saturated rings. The fourth-order valence-electron chi connectivity index (χ4n) is 0.770. The third kappa shape index (κ3) is 2.25. The minimum absolute atomic E-state index is 0.101. The van der Waals surface area contributed by atoms with Gasteiger partial charge in [-0.3, -0.25) is 4.79 Å². The first-order chi connectivity index (χ1) is 5.18. The number of nitrogens with zero attached hydrogens (tertiary/aromatic N) is 1. The zero-order chi connectivity index (χ0) is 8.27. The summed E-state index contributed by atoms with van der Waals surface area (Å²) in [4.78, 5) is 10.6. The Morgan fingerprint density at radius 2 is 2.45 bits per heavy atom. The number of carbonyl (C=O) groups excluding carboxylic acids is 1. The number of hydrogen-bond donors (Lipinski definition) is 2. The number of carbonyl (C=O) groups is 1. The molecule has 0 atom stereocenters. The third-order valence-corrected chi connectivity index (χ3v) is 1.14. The second kappa shape index (κ2) is 3.01. The molecule has 0 radical (unpaired) electrons. The molecular formula is C7H10N3O+. The average Bonchev–Trinajstić information content (AvgIpc) is 1.85. The largest absolute Gasteiger partial charge is 0.321 e.